The average molecular weight is 268 g/mol. The molecule has 0 saturated carbocycles. The zero-order valence-corrected chi connectivity index (χ0v) is 10.5. The zero-order valence-electron chi connectivity index (χ0n) is 10.5. The van der Waals surface area contributed by atoms with Gasteiger partial charge < -0.3 is 10.4 Å². The molecule has 2 rings (SSSR count). The van der Waals surface area contributed by atoms with Gasteiger partial charge in [-0.15, -0.1) is 0 Å². The number of aromatic nitrogens is 2. The number of likely N-dealkylation sites (tertiary alicyclic amines) is 1. The standard InChI is InChI=1S/C12H17FN4O2/c13-10-1-3-17(4-2-10)8-9-5-14-12(15-6-9)16-7-11(18)19/h5-6,10H,1-4,7-8H2,(H,18,19)(H,14,15,16). The number of anilines is 1. The van der Waals surface area contributed by atoms with Crippen LogP contribution in [0.4, 0.5) is 10.3 Å². The van der Waals surface area contributed by atoms with Gasteiger partial charge in [-0.1, -0.05) is 0 Å². The van der Waals surface area contributed by atoms with Crippen molar-refractivity contribution in [3.05, 3.63) is 18.0 Å². The number of aliphatic carboxylic acids is 1. The topological polar surface area (TPSA) is 78.3 Å². The molecule has 1 aliphatic heterocycles. The molecule has 1 aromatic heterocycles. The van der Waals surface area contributed by atoms with E-state index in [1.165, 1.54) is 0 Å². The fourth-order valence-corrected chi connectivity index (χ4v) is 2.00. The number of halogens is 1. The van der Waals surface area contributed by atoms with Gasteiger partial charge in [-0.05, 0) is 12.8 Å². The Morgan fingerprint density at radius 2 is 2.05 bits per heavy atom. The van der Waals surface area contributed by atoms with Crippen LogP contribution in [0.2, 0.25) is 0 Å². The summed E-state index contributed by atoms with van der Waals surface area (Å²) in [5, 5.41) is 11.1. The zero-order chi connectivity index (χ0) is 13.7. The van der Waals surface area contributed by atoms with Gasteiger partial charge in [0.25, 0.3) is 0 Å². The molecular weight excluding hydrogens is 251 g/mol. The van der Waals surface area contributed by atoms with Gasteiger partial charge in [0.05, 0.1) is 0 Å². The molecule has 6 nitrogen and oxygen atoms in total. The van der Waals surface area contributed by atoms with E-state index in [0.29, 0.717) is 25.3 Å². The molecule has 1 fully saturated rings. The van der Waals surface area contributed by atoms with E-state index < -0.39 is 12.1 Å². The van der Waals surface area contributed by atoms with E-state index in [1.54, 1.807) is 12.4 Å². The maximum absolute atomic E-state index is 13.0. The summed E-state index contributed by atoms with van der Waals surface area (Å²) in [5.74, 6) is -0.657. The predicted octanol–water partition coefficient (Wildman–Crippen LogP) is 0.907. The van der Waals surface area contributed by atoms with Crippen molar-refractivity contribution in [3.8, 4) is 0 Å². The summed E-state index contributed by atoms with van der Waals surface area (Å²) >= 11 is 0. The summed E-state index contributed by atoms with van der Waals surface area (Å²) in [6.07, 6.45) is 3.82. The number of hydrogen-bond donors (Lipinski definition) is 2. The van der Waals surface area contributed by atoms with Gasteiger partial charge in [0.15, 0.2) is 0 Å². The molecule has 0 aliphatic carbocycles. The summed E-state index contributed by atoms with van der Waals surface area (Å²) in [6.45, 7) is 2.00. The van der Waals surface area contributed by atoms with Crippen LogP contribution >= 0.6 is 0 Å². The van der Waals surface area contributed by atoms with Crippen LogP contribution in [-0.4, -0.2) is 51.7 Å². The number of carbonyl (C=O) groups is 1. The molecule has 1 saturated heterocycles. The lowest BCUT2D eigenvalue weighted by atomic mass is 10.1. The molecule has 0 unspecified atom stereocenters. The van der Waals surface area contributed by atoms with Gasteiger partial charge >= 0.3 is 5.97 Å². The van der Waals surface area contributed by atoms with Crippen LogP contribution in [-0.2, 0) is 11.3 Å². The van der Waals surface area contributed by atoms with Crippen molar-refractivity contribution in [2.45, 2.75) is 25.6 Å². The van der Waals surface area contributed by atoms with Crippen LogP contribution in [0.15, 0.2) is 12.4 Å². The van der Waals surface area contributed by atoms with E-state index in [4.69, 9.17) is 5.11 Å². The fourth-order valence-electron chi connectivity index (χ4n) is 2.00. The number of alkyl halides is 1. The fraction of sp³-hybridized carbons (Fsp3) is 0.583. The Balaban J connectivity index is 1.83. The normalized spacial score (nSPS) is 17.3. The minimum Gasteiger partial charge on any atom is -0.480 e. The van der Waals surface area contributed by atoms with Gasteiger partial charge in [-0.25, -0.2) is 14.4 Å². The van der Waals surface area contributed by atoms with Crippen molar-refractivity contribution >= 4 is 11.9 Å². The highest BCUT2D eigenvalue weighted by Gasteiger charge is 2.18. The summed E-state index contributed by atoms with van der Waals surface area (Å²) in [7, 11) is 0. The maximum atomic E-state index is 13.0. The van der Waals surface area contributed by atoms with Gasteiger partial charge in [0, 0.05) is 37.6 Å². The maximum Gasteiger partial charge on any atom is 0.322 e. The first-order valence-electron chi connectivity index (χ1n) is 6.26. The second-order valence-corrected chi connectivity index (χ2v) is 4.61. The van der Waals surface area contributed by atoms with E-state index in [1.807, 2.05) is 0 Å². The molecule has 104 valence electrons. The first-order valence-corrected chi connectivity index (χ1v) is 6.26. The summed E-state index contributed by atoms with van der Waals surface area (Å²) in [4.78, 5) is 20.6. The quantitative estimate of drug-likeness (QED) is 0.826. The second-order valence-electron chi connectivity index (χ2n) is 4.61. The SMILES string of the molecule is O=C(O)CNc1ncc(CN2CCC(F)CC2)cn1. The average Bonchev–Trinajstić information content (AvgIpc) is 2.40. The van der Waals surface area contributed by atoms with Crippen LogP contribution in [0.3, 0.4) is 0 Å². The Hall–Kier alpha value is -1.76. The van der Waals surface area contributed by atoms with Crippen molar-refractivity contribution in [3.63, 3.8) is 0 Å². The first-order chi connectivity index (χ1) is 9.13. The molecule has 0 bridgehead atoms. The predicted molar refractivity (Wildman–Crippen MR) is 67.6 cm³/mol. The molecule has 2 N–H and O–H groups in total. The number of carboxylic acid groups (broad SMARTS) is 1. The molecule has 0 amide bonds. The van der Waals surface area contributed by atoms with Gasteiger partial charge in [-0.3, -0.25) is 9.69 Å². The van der Waals surface area contributed by atoms with Crippen LogP contribution in [0.25, 0.3) is 0 Å². The summed E-state index contributed by atoms with van der Waals surface area (Å²) < 4.78 is 13.0. The van der Waals surface area contributed by atoms with E-state index in [-0.39, 0.29) is 6.54 Å². The van der Waals surface area contributed by atoms with Crippen molar-refractivity contribution in [1.82, 2.24) is 14.9 Å². The van der Waals surface area contributed by atoms with E-state index in [0.717, 1.165) is 18.7 Å². The van der Waals surface area contributed by atoms with Crippen molar-refractivity contribution in [2.24, 2.45) is 0 Å². The Labute approximate surface area is 110 Å². The third kappa shape index (κ3) is 4.44. The van der Waals surface area contributed by atoms with Gasteiger partial charge in [0.1, 0.15) is 12.7 Å². The number of nitrogens with one attached hydrogen (secondary N) is 1. The summed E-state index contributed by atoms with van der Waals surface area (Å²) in [6, 6.07) is 0. The third-order valence-electron chi connectivity index (χ3n) is 3.03. The minimum atomic E-state index is -0.957. The molecule has 1 aliphatic rings. The van der Waals surface area contributed by atoms with Crippen LogP contribution in [0.1, 0.15) is 18.4 Å². The number of nitrogens with zero attached hydrogens (tertiary/aromatic N) is 3. The number of piperidine rings is 1. The Kier molecular flexibility index (Phi) is 4.62. The molecule has 0 spiro atoms. The Morgan fingerprint density at radius 3 is 2.63 bits per heavy atom. The molecule has 1 aromatic rings. The van der Waals surface area contributed by atoms with E-state index in [9.17, 15) is 9.18 Å². The highest BCUT2D eigenvalue weighted by molar-refractivity contribution is 5.71. The molecule has 0 aromatic carbocycles. The number of carboxylic acids is 1. The molecule has 2 heterocycles. The minimum absolute atomic E-state index is 0.205. The van der Waals surface area contributed by atoms with Crippen molar-refractivity contribution in [1.29, 1.82) is 0 Å². The highest BCUT2D eigenvalue weighted by atomic mass is 19.1. The Bertz CT molecular complexity index is 418. The van der Waals surface area contributed by atoms with E-state index in [2.05, 4.69) is 20.2 Å². The molecule has 19 heavy (non-hydrogen) atoms. The lowest BCUT2D eigenvalue weighted by Crippen LogP contribution is -2.33. The largest absolute Gasteiger partial charge is 0.480 e. The van der Waals surface area contributed by atoms with Gasteiger partial charge in [0.2, 0.25) is 5.95 Å². The third-order valence-corrected chi connectivity index (χ3v) is 3.03. The van der Waals surface area contributed by atoms with Crippen LogP contribution < -0.4 is 5.32 Å². The molecule has 7 heteroatoms. The second kappa shape index (κ2) is 6.42. The van der Waals surface area contributed by atoms with Crippen molar-refractivity contribution in [2.75, 3.05) is 25.0 Å². The molecular formula is C12H17FN4O2. The number of rotatable bonds is 5. The Morgan fingerprint density at radius 1 is 1.42 bits per heavy atom. The number of hydrogen-bond acceptors (Lipinski definition) is 5. The lowest BCUT2D eigenvalue weighted by Gasteiger charge is -2.28. The smallest absolute Gasteiger partial charge is 0.322 e. The lowest BCUT2D eigenvalue weighted by molar-refractivity contribution is -0.134. The summed E-state index contributed by atoms with van der Waals surface area (Å²) in [5.41, 5.74) is 0.943. The molecule has 0 atom stereocenters. The molecule has 0 radical (unpaired) electrons. The van der Waals surface area contributed by atoms with Crippen LogP contribution in [0, 0.1) is 0 Å². The monoisotopic (exact) mass is 268 g/mol. The van der Waals surface area contributed by atoms with Crippen molar-refractivity contribution < 1.29 is 14.3 Å². The van der Waals surface area contributed by atoms with E-state index >= 15 is 0 Å². The van der Waals surface area contributed by atoms with Crippen LogP contribution in [0.5, 0.6) is 0 Å². The first kappa shape index (κ1) is 13.7. The highest BCUT2D eigenvalue weighted by Crippen LogP contribution is 2.15. The van der Waals surface area contributed by atoms with Gasteiger partial charge in [-0.2, -0.15) is 0 Å².